The number of likely N-dealkylation sites (tertiary alicyclic amines) is 2. The van der Waals surface area contributed by atoms with Crippen molar-refractivity contribution in [3.8, 4) is 22.8 Å². The van der Waals surface area contributed by atoms with E-state index in [1.165, 1.54) is 6.33 Å². The predicted molar refractivity (Wildman–Crippen MR) is 215 cm³/mol. The molecule has 3 N–H and O–H groups in total. The highest BCUT2D eigenvalue weighted by Gasteiger charge is 2.47. The van der Waals surface area contributed by atoms with Crippen LogP contribution >= 0.6 is 0 Å². The Hall–Kier alpha value is -6.19. The fourth-order valence-corrected chi connectivity index (χ4v) is 9.42. The van der Waals surface area contributed by atoms with Gasteiger partial charge in [-0.2, -0.15) is 5.10 Å². The van der Waals surface area contributed by atoms with Crippen molar-refractivity contribution in [2.24, 2.45) is 11.8 Å². The van der Waals surface area contributed by atoms with E-state index in [0.717, 1.165) is 110 Å². The number of hydrogen-bond acceptors (Lipinski definition) is 12. The molecule has 4 saturated heterocycles. The summed E-state index contributed by atoms with van der Waals surface area (Å²) in [6.45, 7) is 7.82. The lowest BCUT2D eigenvalue weighted by Crippen LogP contribution is -2.58. The Balaban J connectivity index is 0.709. The number of imide groups is 2. The van der Waals surface area contributed by atoms with Crippen LogP contribution in [0.1, 0.15) is 52.4 Å². The summed E-state index contributed by atoms with van der Waals surface area (Å²) in [5.74, 6) is 1.14. The second-order valence-corrected chi connectivity index (χ2v) is 16.2. The topological polar surface area (TPSA) is 172 Å². The third kappa shape index (κ3) is 6.53. The molecule has 0 saturated carbocycles. The van der Waals surface area contributed by atoms with E-state index in [1.807, 2.05) is 60.7 Å². The van der Waals surface area contributed by atoms with Gasteiger partial charge in [-0.1, -0.05) is 24.3 Å². The molecule has 7 heterocycles. The summed E-state index contributed by atoms with van der Waals surface area (Å²) in [6.07, 6.45) is 3.71. The van der Waals surface area contributed by atoms with Crippen LogP contribution in [0.2, 0.25) is 0 Å². The maximum Gasteiger partial charge on any atom is 0.264 e. The summed E-state index contributed by atoms with van der Waals surface area (Å²) in [4.78, 5) is 68.3. The van der Waals surface area contributed by atoms with Crippen molar-refractivity contribution in [3.63, 3.8) is 0 Å². The number of amides is 4. The number of ether oxygens (including phenoxy) is 1. The molecule has 5 aromatic rings. The molecule has 10 rings (SSSR count). The number of para-hydroxylation sites is 1. The number of aromatic nitrogens is 4. The molecule has 4 amide bonds. The van der Waals surface area contributed by atoms with E-state index in [0.29, 0.717) is 28.8 Å². The molecule has 0 spiro atoms. The van der Waals surface area contributed by atoms with Gasteiger partial charge in [-0.3, -0.25) is 29.4 Å². The van der Waals surface area contributed by atoms with Crippen molar-refractivity contribution < 1.29 is 23.9 Å². The van der Waals surface area contributed by atoms with Gasteiger partial charge in [-0.25, -0.2) is 14.6 Å². The van der Waals surface area contributed by atoms with E-state index in [9.17, 15) is 19.2 Å². The molecular formula is C43H44N10O5. The van der Waals surface area contributed by atoms with Crippen molar-refractivity contribution in [1.29, 1.82) is 0 Å². The first-order chi connectivity index (χ1) is 28.3. The number of benzene rings is 3. The molecule has 58 heavy (non-hydrogen) atoms. The summed E-state index contributed by atoms with van der Waals surface area (Å²) in [5, 5.41) is 8.15. The molecule has 5 aliphatic heterocycles. The van der Waals surface area contributed by atoms with Gasteiger partial charge < -0.3 is 25.2 Å². The van der Waals surface area contributed by atoms with Crippen LogP contribution in [0.3, 0.4) is 0 Å². The van der Waals surface area contributed by atoms with Crippen LogP contribution in [0.15, 0.2) is 79.1 Å². The number of piperidine rings is 2. The highest BCUT2D eigenvalue weighted by Crippen LogP contribution is 2.38. The van der Waals surface area contributed by atoms with E-state index in [4.69, 9.17) is 15.6 Å². The van der Waals surface area contributed by atoms with Crippen molar-refractivity contribution in [3.05, 3.63) is 90.3 Å². The molecule has 15 nitrogen and oxygen atoms in total. The lowest BCUT2D eigenvalue weighted by atomic mass is 9.92. The minimum atomic E-state index is -0.968. The van der Waals surface area contributed by atoms with Crippen LogP contribution in [-0.4, -0.2) is 116 Å². The van der Waals surface area contributed by atoms with Gasteiger partial charge in [0.05, 0.1) is 28.2 Å². The van der Waals surface area contributed by atoms with Gasteiger partial charge >= 0.3 is 0 Å². The van der Waals surface area contributed by atoms with E-state index >= 15 is 0 Å². The average molecular weight is 781 g/mol. The summed E-state index contributed by atoms with van der Waals surface area (Å²) in [5.41, 5.74) is 10.3. The molecule has 296 valence electrons. The van der Waals surface area contributed by atoms with Gasteiger partial charge in [-0.05, 0) is 73.7 Å². The number of carbonyl (C=O) groups excluding carboxylic acids is 4. The van der Waals surface area contributed by atoms with Gasteiger partial charge in [0, 0.05) is 70.3 Å². The zero-order chi connectivity index (χ0) is 39.5. The smallest absolute Gasteiger partial charge is 0.264 e. The summed E-state index contributed by atoms with van der Waals surface area (Å²) < 4.78 is 8.06. The Morgan fingerprint density at radius 3 is 2.24 bits per heavy atom. The molecule has 2 aromatic heterocycles. The number of nitrogen functional groups attached to an aromatic ring is 1. The number of rotatable bonds is 10. The number of carbonyl (C=O) groups is 4. The number of nitrogens with zero attached hydrogens (tertiary/aromatic N) is 8. The second kappa shape index (κ2) is 14.6. The zero-order valence-electron chi connectivity index (χ0n) is 32.0. The average Bonchev–Trinajstić information content (AvgIpc) is 3.71. The van der Waals surface area contributed by atoms with Crippen molar-refractivity contribution in [1.82, 2.24) is 39.8 Å². The number of nitrogens with two attached hydrogens (primary N) is 1. The minimum absolute atomic E-state index is 0.0986. The van der Waals surface area contributed by atoms with E-state index in [2.05, 4.69) is 34.7 Å². The lowest BCUT2D eigenvalue weighted by Gasteiger charge is -2.48. The van der Waals surface area contributed by atoms with Gasteiger partial charge in [0.25, 0.3) is 11.8 Å². The van der Waals surface area contributed by atoms with Gasteiger partial charge in [0.2, 0.25) is 11.8 Å². The third-order valence-corrected chi connectivity index (χ3v) is 12.3. The van der Waals surface area contributed by atoms with Crippen LogP contribution in [-0.2, 0) is 9.59 Å². The van der Waals surface area contributed by atoms with E-state index in [1.54, 1.807) is 12.1 Å². The van der Waals surface area contributed by atoms with Crippen LogP contribution in [0, 0.1) is 11.8 Å². The molecular weight excluding hydrogens is 737 g/mol. The first-order valence-corrected chi connectivity index (χ1v) is 20.1. The van der Waals surface area contributed by atoms with Crippen molar-refractivity contribution in [2.45, 2.75) is 37.8 Å². The fourth-order valence-electron chi connectivity index (χ4n) is 9.42. The van der Waals surface area contributed by atoms with Crippen LogP contribution < -0.4 is 20.7 Å². The molecule has 3 aromatic carbocycles. The predicted octanol–water partition coefficient (Wildman–Crippen LogP) is 3.97. The highest BCUT2D eigenvalue weighted by atomic mass is 16.5. The molecule has 1 unspecified atom stereocenters. The molecule has 0 aliphatic carbocycles. The molecule has 15 heteroatoms. The van der Waals surface area contributed by atoms with Crippen LogP contribution in [0.5, 0.6) is 11.5 Å². The summed E-state index contributed by atoms with van der Waals surface area (Å²) in [6, 6.07) is 22.2. The quantitative estimate of drug-likeness (QED) is 0.196. The lowest BCUT2D eigenvalue weighted by molar-refractivity contribution is -0.136. The first kappa shape index (κ1) is 36.2. The third-order valence-electron chi connectivity index (χ3n) is 12.3. The SMILES string of the molecule is Nc1ncnc2c1c(-c1ccc(Oc3ccccc3)cc1)nn2C1CCN(CC2CN(CC3CN(c4cccc5c4C(=O)N(C4CCC(=O)NC4=O)C5=O)C3)C2)CC1. The van der Waals surface area contributed by atoms with Crippen LogP contribution in [0.25, 0.3) is 22.3 Å². The van der Waals surface area contributed by atoms with Gasteiger partial charge in [0.15, 0.2) is 5.65 Å². The zero-order valence-corrected chi connectivity index (χ0v) is 32.0. The number of hydrogen-bond donors (Lipinski definition) is 2. The Morgan fingerprint density at radius 1 is 0.759 bits per heavy atom. The Morgan fingerprint density at radius 2 is 1.48 bits per heavy atom. The Bertz CT molecular complexity index is 2420. The van der Waals surface area contributed by atoms with E-state index < -0.39 is 23.8 Å². The monoisotopic (exact) mass is 780 g/mol. The highest BCUT2D eigenvalue weighted by molar-refractivity contribution is 6.25. The van der Waals surface area contributed by atoms with Gasteiger partial charge in [0.1, 0.15) is 35.4 Å². The largest absolute Gasteiger partial charge is 0.457 e. The fraction of sp³-hybridized carbons (Fsp3) is 0.372. The number of nitrogens with one attached hydrogen (secondary N) is 1. The Labute approximate surface area is 334 Å². The maximum absolute atomic E-state index is 13.6. The van der Waals surface area contributed by atoms with Crippen molar-refractivity contribution in [2.75, 3.05) is 63.0 Å². The van der Waals surface area contributed by atoms with Crippen LogP contribution in [0.4, 0.5) is 11.5 Å². The molecule has 0 bridgehead atoms. The number of anilines is 2. The molecule has 1 atom stereocenters. The molecule has 4 fully saturated rings. The molecule has 5 aliphatic rings. The van der Waals surface area contributed by atoms with Crippen molar-refractivity contribution >= 4 is 46.2 Å². The second-order valence-electron chi connectivity index (χ2n) is 16.2. The summed E-state index contributed by atoms with van der Waals surface area (Å²) in [7, 11) is 0. The molecule has 0 radical (unpaired) electrons. The first-order valence-electron chi connectivity index (χ1n) is 20.1. The minimum Gasteiger partial charge on any atom is -0.457 e. The Kier molecular flexibility index (Phi) is 9.13. The number of fused-ring (bicyclic) bond motifs is 2. The summed E-state index contributed by atoms with van der Waals surface area (Å²) >= 11 is 0. The standard InChI is InChI=1S/C43H44N10O5/c44-39-37-38(28-9-11-31(12-10-28)58-30-5-2-1-3-6-30)48-53(40(37)46-25-45-39)29-15-17-49(18-16-29)19-26-20-50(21-26)22-27-23-51(24-27)33-8-4-7-32-36(33)43(57)52(42(32)56)34-13-14-35(54)47-41(34)55/h1-12,25-27,29,34H,13-24H2,(H2,44,45,46)(H,47,54,55). The normalized spacial score (nSPS) is 21.0. The van der Waals surface area contributed by atoms with Gasteiger partial charge in [-0.15, -0.1) is 0 Å². The maximum atomic E-state index is 13.6. The van der Waals surface area contributed by atoms with E-state index in [-0.39, 0.29) is 24.8 Å².